The van der Waals surface area contributed by atoms with Gasteiger partial charge in [-0.1, -0.05) is 15.9 Å². The molecule has 18 heavy (non-hydrogen) atoms. The molecular weight excluding hydrogens is 300 g/mol. The van der Waals surface area contributed by atoms with Crippen molar-refractivity contribution in [1.82, 2.24) is 9.78 Å². The molecule has 0 spiro atoms. The van der Waals surface area contributed by atoms with Crippen LogP contribution in [0.5, 0.6) is 5.75 Å². The Bertz CT molecular complexity index is 607. The molecule has 0 saturated carbocycles. The van der Waals surface area contributed by atoms with Gasteiger partial charge in [-0.25, -0.2) is 4.79 Å². The molecule has 0 radical (unpaired) electrons. The van der Waals surface area contributed by atoms with Crippen molar-refractivity contribution in [1.29, 1.82) is 0 Å². The lowest BCUT2D eigenvalue weighted by Crippen LogP contribution is -1.99. The van der Waals surface area contributed by atoms with Crippen LogP contribution in [0.1, 0.15) is 10.5 Å². The molecule has 2 aromatic rings. The topological polar surface area (TPSA) is 64.3 Å². The van der Waals surface area contributed by atoms with Crippen molar-refractivity contribution in [2.75, 3.05) is 7.11 Å². The van der Waals surface area contributed by atoms with Gasteiger partial charge in [-0.2, -0.15) is 5.10 Å². The van der Waals surface area contributed by atoms with E-state index in [9.17, 15) is 4.79 Å². The summed E-state index contributed by atoms with van der Waals surface area (Å²) in [6, 6.07) is 7.06. The summed E-state index contributed by atoms with van der Waals surface area (Å²) in [7, 11) is 3.27. The molecule has 0 amide bonds. The molecule has 0 aliphatic rings. The monoisotopic (exact) mass is 310 g/mol. The Balaban J connectivity index is 2.58. The van der Waals surface area contributed by atoms with Crippen LogP contribution in [0, 0.1) is 0 Å². The molecule has 94 valence electrons. The van der Waals surface area contributed by atoms with Crippen LogP contribution in [0.3, 0.4) is 0 Å². The minimum absolute atomic E-state index is 0.0115. The van der Waals surface area contributed by atoms with Crippen LogP contribution in [-0.2, 0) is 7.05 Å². The molecule has 1 N–H and O–H groups in total. The van der Waals surface area contributed by atoms with E-state index in [0.717, 1.165) is 10.0 Å². The van der Waals surface area contributed by atoms with Gasteiger partial charge in [-0.3, -0.25) is 4.68 Å². The molecule has 1 aromatic heterocycles. The number of carbonyl (C=O) groups is 1. The molecule has 0 bridgehead atoms. The Labute approximate surface area is 112 Å². The van der Waals surface area contributed by atoms with Crippen molar-refractivity contribution >= 4 is 21.9 Å². The van der Waals surface area contributed by atoms with Crippen molar-refractivity contribution in [2.24, 2.45) is 7.05 Å². The van der Waals surface area contributed by atoms with Gasteiger partial charge in [0.15, 0.2) is 5.69 Å². The van der Waals surface area contributed by atoms with E-state index in [0.29, 0.717) is 11.4 Å². The second-order valence-corrected chi connectivity index (χ2v) is 4.60. The van der Waals surface area contributed by atoms with E-state index in [1.54, 1.807) is 14.2 Å². The smallest absolute Gasteiger partial charge is 0.356 e. The molecule has 0 unspecified atom stereocenters. The number of ether oxygens (including phenoxy) is 1. The van der Waals surface area contributed by atoms with Gasteiger partial charge in [0.1, 0.15) is 5.75 Å². The first-order valence-corrected chi connectivity index (χ1v) is 5.93. The summed E-state index contributed by atoms with van der Waals surface area (Å²) in [5.74, 6) is -0.391. The van der Waals surface area contributed by atoms with Gasteiger partial charge in [-0.05, 0) is 24.3 Å². The quantitative estimate of drug-likeness (QED) is 0.946. The third-order valence-electron chi connectivity index (χ3n) is 2.54. The van der Waals surface area contributed by atoms with E-state index in [1.165, 1.54) is 10.7 Å². The number of halogens is 1. The zero-order chi connectivity index (χ0) is 13.3. The van der Waals surface area contributed by atoms with E-state index in [2.05, 4.69) is 21.0 Å². The standard InChI is InChI=1S/C12H11BrN2O3/c1-15-10(6-9(14-15)12(16)17)8-4-3-7(13)5-11(8)18-2/h3-6H,1-2H3,(H,16,17). The van der Waals surface area contributed by atoms with E-state index < -0.39 is 5.97 Å². The first-order chi connectivity index (χ1) is 8.52. The molecule has 2 rings (SSSR count). The first-order valence-electron chi connectivity index (χ1n) is 5.14. The number of rotatable bonds is 3. The van der Waals surface area contributed by atoms with Crippen molar-refractivity contribution in [3.8, 4) is 17.0 Å². The summed E-state index contributed by atoms with van der Waals surface area (Å²) >= 11 is 3.36. The molecule has 1 aromatic carbocycles. The highest BCUT2D eigenvalue weighted by Gasteiger charge is 2.15. The minimum atomic E-state index is -1.05. The number of hydrogen-bond acceptors (Lipinski definition) is 3. The highest BCUT2D eigenvalue weighted by atomic mass is 79.9. The molecule has 0 aliphatic carbocycles. The zero-order valence-corrected chi connectivity index (χ0v) is 11.4. The molecule has 0 atom stereocenters. The van der Waals surface area contributed by atoms with Crippen LogP contribution in [0.15, 0.2) is 28.7 Å². The number of carboxylic acids is 1. The van der Waals surface area contributed by atoms with Gasteiger partial charge in [-0.15, -0.1) is 0 Å². The van der Waals surface area contributed by atoms with Gasteiger partial charge in [0, 0.05) is 17.1 Å². The lowest BCUT2D eigenvalue weighted by atomic mass is 10.1. The molecule has 0 aliphatic heterocycles. The summed E-state index contributed by atoms with van der Waals surface area (Å²) in [5, 5.41) is 12.9. The first kappa shape index (κ1) is 12.6. The summed E-state index contributed by atoms with van der Waals surface area (Å²) in [4.78, 5) is 10.9. The second kappa shape index (κ2) is 4.81. The van der Waals surface area contributed by atoms with Crippen LogP contribution in [0.2, 0.25) is 0 Å². The summed E-state index contributed by atoms with van der Waals surface area (Å²) in [6.07, 6.45) is 0. The Kier molecular flexibility index (Phi) is 3.38. The lowest BCUT2D eigenvalue weighted by molar-refractivity contribution is 0.0689. The van der Waals surface area contributed by atoms with Crippen LogP contribution in [0.4, 0.5) is 0 Å². The summed E-state index contributed by atoms with van der Waals surface area (Å²) < 4.78 is 7.70. The second-order valence-electron chi connectivity index (χ2n) is 3.69. The number of aryl methyl sites for hydroxylation is 1. The van der Waals surface area contributed by atoms with Crippen LogP contribution >= 0.6 is 15.9 Å². The summed E-state index contributed by atoms with van der Waals surface area (Å²) in [5.41, 5.74) is 1.50. The van der Waals surface area contributed by atoms with Crippen LogP contribution in [-0.4, -0.2) is 28.0 Å². The molecule has 0 fully saturated rings. The SMILES string of the molecule is COc1cc(Br)ccc1-c1cc(C(=O)O)nn1C. The predicted octanol–water partition coefficient (Wildman–Crippen LogP) is 2.56. The van der Waals surface area contributed by atoms with Crippen molar-refractivity contribution < 1.29 is 14.6 Å². The van der Waals surface area contributed by atoms with Crippen molar-refractivity contribution in [2.45, 2.75) is 0 Å². The van der Waals surface area contributed by atoms with E-state index >= 15 is 0 Å². The fraction of sp³-hybridized carbons (Fsp3) is 0.167. The number of carboxylic acid groups (broad SMARTS) is 1. The van der Waals surface area contributed by atoms with Crippen molar-refractivity contribution in [3.05, 3.63) is 34.4 Å². The number of benzene rings is 1. The number of aromatic carboxylic acids is 1. The minimum Gasteiger partial charge on any atom is -0.496 e. The fourth-order valence-corrected chi connectivity index (χ4v) is 2.04. The normalized spacial score (nSPS) is 10.4. The third kappa shape index (κ3) is 2.24. The molecule has 5 nitrogen and oxygen atoms in total. The highest BCUT2D eigenvalue weighted by Crippen LogP contribution is 2.32. The summed E-state index contributed by atoms with van der Waals surface area (Å²) in [6.45, 7) is 0. The number of aromatic nitrogens is 2. The Morgan fingerprint density at radius 1 is 1.44 bits per heavy atom. The van der Waals surface area contributed by atoms with Gasteiger partial charge in [0.25, 0.3) is 0 Å². The number of methoxy groups -OCH3 is 1. The molecule has 6 heteroatoms. The average molecular weight is 311 g/mol. The predicted molar refractivity (Wildman–Crippen MR) is 69.9 cm³/mol. The molecular formula is C12H11BrN2O3. The van der Waals surface area contributed by atoms with Gasteiger partial charge in [0.05, 0.1) is 12.8 Å². The maximum absolute atomic E-state index is 10.9. The van der Waals surface area contributed by atoms with Gasteiger partial charge >= 0.3 is 5.97 Å². The van der Waals surface area contributed by atoms with E-state index in [4.69, 9.17) is 9.84 Å². The van der Waals surface area contributed by atoms with Crippen molar-refractivity contribution in [3.63, 3.8) is 0 Å². The lowest BCUT2D eigenvalue weighted by Gasteiger charge is -2.08. The maximum atomic E-state index is 10.9. The maximum Gasteiger partial charge on any atom is 0.356 e. The average Bonchev–Trinajstić information content (AvgIpc) is 2.71. The number of nitrogens with zero attached hydrogens (tertiary/aromatic N) is 2. The Morgan fingerprint density at radius 3 is 2.72 bits per heavy atom. The highest BCUT2D eigenvalue weighted by molar-refractivity contribution is 9.10. The molecule has 1 heterocycles. The Morgan fingerprint density at radius 2 is 2.17 bits per heavy atom. The number of hydrogen-bond donors (Lipinski definition) is 1. The largest absolute Gasteiger partial charge is 0.496 e. The van der Waals surface area contributed by atoms with Crippen LogP contribution in [0.25, 0.3) is 11.3 Å². The Hall–Kier alpha value is -1.82. The zero-order valence-electron chi connectivity index (χ0n) is 9.85. The van der Waals surface area contributed by atoms with Crippen LogP contribution < -0.4 is 4.74 Å². The van der Waals surface area contributed by atoms with E-state index in [-0.39, 0.29) is 5.69 Å². The molecule has 0 saturated heterocycles. The van der Waals surface area contributed by atoms with Gasteiger partial charge in [0.2, 0.25) is 0 Å². The van der Waals surface area contributed by atoms with Gasteiger partial charge < -0.3 is 9.84 Å². The fourth-order valence-electron chi connectivity index (χ4n) is 1.70. The van der Waals surface area contributed by atoms with E-state index in [1.807, 2.05) is 18.2 Å². The third-order valence-corrected chi connectivity index (χ3v) is 3.03.